The van der Waals surface area contributed by atoms with E-state index in [1.54, 1.807) is 0 Å². The van der Waals surface area contributed by atoms with Crippen LogP contribution in [0.1, 0.15) is 43.9 Å². The maximum absolute atomic E-state index is 9.90. The van der Waals surface area contributed by atoms with Crippen LogP contribution in [0.2, 0.25) is 0 Å². The molecule has 1 aromatic heterocycles. The Labute approximate surface area is 184 Å². The molecule has 3 heterocycles. The summed E-state index contributed by atoms with van der Waals surface area (Å²) in [5, 5.41) is 13.6. The molecule has 0 radical (unpaired) electrons. The molecule has 4 rings (SSSR count). The highest BCUT2D eigenvalue weighted by Gasteiger charge is 2.29. The van der Waals surface area contributed by atoms with Crippen LogP contribution in [0, 0.1) is 6.92 Å². The fraction of sp³-hybridized carbons (Fsp3) is 0.500. The standard InChI is InChI=1S/C24H32N4O3/c1-3-30-20-7-9-21(10-8-20)31-24-22(11-6-18(2)25-24)23(26-29)28-16-12-19(13-17-28)27-14-4-5-15-27/h6-11,19,29H,3-5,12-17H2,1-2H3/b26-23-. The second-order valence-corrected chi connectivity index (χ2v) is 8.20. The van der Waals surface area contributed by atoms with Gasteiger partial charge in [0.2, 0.25) is 5.88 Å². The number of rotatable bonds is 6. The van der Waals surface area contributed by atoms with Crippen LogP contribution in [-0.4, -0.2) is 64.7 Å². The zero-order chi connectivity index (χ0) is 21.6. The minimum Gasteiger partial charge on any atom is -0.494 e. The maximum Gasteiger partial charge on any atom is 0.230 e. The molecule has 0 amide bonds. The molecule has 0 atom stereocenters. The number of amidine groups is 1. The van der Waals surface area contributed by atoms with Crippen LogP contribution in [0.25, 0.3) is 0 Å². The number of benzene rings is 1. The number of hydrogen-bond acceptors (Lipinski definition) is 6. The molecule has 2 aliphatic heterocycles. The topological polar surface area (TPSA) is 70.4 Å². The second kappa shape index (κ2) is 10.0. The Morgan fingerprint density at radius 2 is 1.71 bits per heavy atom. The van der Waals surface area contributed by atoms with Crippen LogP contribution in [0.4, 0.5) is 0 Å². The Balaban J connectivity index is 1.50. The van der Waals surface area contributed by atoms with Crippen LogP contribution in [0.15, 0.2) is 41.6 Å². The SMILES string of the molecule is CCOc1ccc(Oc2nc(C)ccc2/C(=N/O)N2CCC(N3CCCC3)CC2)cc1. The third-order valence-corrected chi connectivity index (χ3v) is 6.11. The maximum atomic E-state index is 9.90. The first-order valence-electron chi connectivity index (χ1n) is 11.3. The highest BCUT2D eigenvalue weighted by atomic mass is 16.5. The van der Waals surface area contributed by atoms with Gasteiger partial charge in [-0.25, -0.2) is 4.98 Å². The van der Waals surface area contributed by atoms with Gasteiger partial charge in [-0.2, -0.15) is 0 Å². The van der Waals surface area contributed by atoms with E-state index in [0.29, 0.717) is 35.7 Å². The first kappa shape index (κ1) is 21.4. The normalized spacial score (nSPS) is 18.4. The van der Waals surface area contributed by atoms with E-state index in [1.165, 1.54) is 25.9 Å². The summed E-state index contributed by atoms with van der Waals surface area (Å²) in [5.41, 5.74) is 1.54. The van der Waals surface area contributed by atoms with E-state index in [9.17, 15) is 5.21 Å². The van der Waals surface area contributed by atoms with Gasteiger partial charge in [-0.3, -0.25) is 0 Å². The van der Waals surface area contributed by atoms with Gasteiger partial charge in [0.15, 0.2) is 5.84 Å². The number of pyridine rings is 1. The van der Waals surface area contributed by atoms with Gasteiger partial charge in [0.05, 0.1) is 12.2 Å². The van der Waals surface area contributed by atoms with Gasteiger partial charge in [-0.05, 0) is 89.0 Å². The first-order valence-corrected chi connectivity index (χ1v) is 11.3. The fourth-order valence-corrected chi connectivity index (χ4v) is 4.50. The number of hydrogen-bond donors (Lipinski definition) is 1. The Morgan fingerprint density at radius 3 is 2.35 bits per heavy atom. The van der Waals surface area contributed by atoms with Crippen molar-refractivity contribution in [1.82, 2.24) is 14.8 Å². The van der Waals surface area contributed by atoms with Crippen molar-refractivity contribution < 1.29 is 14.7 Å². The number of piperidine rings is 1. The average Bonchev–Trinajstić information content (AvgIpc) is 3.33. The molecule has 2 fully saturated rings. The lowest BCUT2D eigenvalue weighted by Gasteiger charge is -2.37. The molecule has 31 heavy (non-hydrogen) atoms. The molecule has 2 aromatic rings. The van der Waals surface area contributed by atoms with E-state index in [4.69, 9.17) is 9.47 Å². The summed E-state index contributed by atoms with van der Waals surface area (Å²) in [6.07, 6.45) is 4.77. The molecule has 166 valence electrons. The Hall–Kier alpha value is -2.80. The Bertz CT molecular complexity index is 886. The lowest BCUT2D eigenvalue weighted by molar-refractivity contribution is 0.161. The van der Waals surface area contributed by atoms with Crippen LogP contribution in [0.3, 0.4) is 0 Å². The van der Waals surface area contributed by atoms with Crippen molar-refractivity contribution >= 4 is 5.84 Å². The van der Waals surface area contributed by atoms with Crippen LogP contribution in [-0.2, 0) is 0 Å². The summed E-state index contributed by atoms with van der Waals surface area (Å²) >= 11 is 0. The minimum absolute atomic E-state index is 0.443. The molecule has 7 nitrogen and oxygen atoms in total. The quantitative estimate of drug-likeness (QED) is 0.323. The predicted molar refractivity (Wildman–Crippen MR) is 120 cm³/mol. The summed E-state index contributed by atoms with van der Waals surface area (Å²) in [5.74, 6) is 2.42. The number of oxime groups is 1. The first-order chi connectivity index (χ1) is 15.2. The van der Waals surface area contributed by atoms with E-state index < -0.39 is 0 Å². The second-order valence-electron chi connectivity index (χ2n) is 8.20. The smallest absolute Gasteiger partial charge is 0.230 e. The van der Waals surface area contributed by atoms with Crippen LogP contribution >= 0.6 is 0 Å². The van der Waals surface area contributed by atoms with Gasteiger partial charge in [0.25, 0.3) is 0 Å². The lowest BCUT2D eigenvalue weighted by Crippen LogP contribution is -2.46. The monoisotopic (exact) mass is 424 g/mol. The van der Waals surface area contributed by atoms with Crippen molar-refractivity contribution in [2.45, 2.75) is 45.6 Å². The van der Waals surface area contributed by atoms with E-state index in [2.05, 4.69) is 19.9 Å². The number of likely N-dealkylation sites (tertiary alicyclic amines) is 2. The summed E-state index contributed by atoms with van der Waals surface area (Å²) < 4.78 is 11.6. The number of aromatic nitrogens is 1. The molecule has 2 aliphatic rings. The fourth-order valence-electron chi connectivity index (χ4n) is 4.50. The van der Waals surface area contributed by atoms with Crippen molar-refractivity contribution in [1.29, 1.82) is 0 Å². The molecule has 0 saturated carbocycles. The highest BCUT2D eigenvalue weighted by molar-refractivity contribution is 6.00. The minimum atomic E-state index is 0.443. The van der Waals surface area contributed by atoms with E-state index in [-0.39, 0.29) is 0 Å². The average molecular weight is 425 g/mol. The molecule has 1 N–H and O–H groups in total. The molecule has 0 spiro atoms. The van der Waals surface area contributed by atoms with Crippen molar-refractivity contribution in [2.24, 2.45) is 5.16 Å². The summed E-state index contributed by atoms with van der Waals surface area (Å²) in [4.78, 5) is 9.34. The van der Waals surface area contributed by atoms with Crippen molar-refractivity contribution in [3.63, 3.8) is 0 Å². The predicted octanol–water partition coefficient (Wildman–Crippen LogP) is 4.28. The van der Waals surface area contributed by atoms with Crippen molar-refractivity contribution in [2.75, 3.05) is 32.8 Å². The lowest BCUT2D eigenvalue weighted by atomic mass is 10.0. The van der Waals surface area contributed by atoms with E-state index >= 15 is 0 Å². The van der Waals surface area contributed by atoms with Crippen LogP contribution in [0.5, 0.6) is 17.4 Å². The molecule has 1 aromatic carbocycles. The van der Waals surface area contributed by atoms with E-state index in [1.807, 2.05) is 50.2 Å². The van der Waals surface area contributed by atoms with Gasteiger partial charge in [-0.15, -0.1) is 0 Å². The highest BCUT2D eigenvalue weighted by Crippen LogP contribution is 2.29. The number of nitrogens with zero attached hydrogens (tertiary/aromatic N) is 4. The van der Waals surface area contributed by atoms with Gasteiger partial charge in [0.1, 0.15) is 11.5 Å². The van der Waals surface area contributed by atoms with Gasteiger partial charge >= 0.3 is 0 Å². The molecule has 0 aliphatic carbocycles. The molecule has 2 saturated heterocycles. The summed E-state index contributed by atoms with van der Waals surface area (Å²) in [6.45, 7) is 8.65. The van der Waals surface area contributed by atoms with Gasteiger partial charge in [-0.1, -0.05) is 5.16 Å². The van der Waals surface area contributed by atoms with Gasteiger partial charge < -0.3 is 24.5 Å². The number of aryl methyl sites for hydroxylation is 1. The van der Waals surface area contributed by atoms with Crippen molar-refractivity contribution in [3.05, 3.63) is 47.7 Å². The third kappa shape index (κ3) is 5.10. The number of ether oxygens (including phenoxy) is 2. The summed E-state index contributed by atoms with van der Waals surface area (Å²) in [7, 11) is 0. The van der Waals surface area contributed by atoms with E-state index in [0.717, 1.165) is 37.4 Å². The molecule has 7 heteroatoms. The van der Waals surface area contributed by atoms with Crippen LogP contribution < -0.4 is 9.47 Å². The Morgan fingerprint density at radius 1 is 1.03 bits per heavy atom. The van der Waals surface area contributed by atoms with Crippen molar-refractivity contribution in [3.8, 4) is 17.4 Å². The zero-order valence-electron chi connectivity index (χ0n) is 18.5. The third-order valence-electron chi connectivity index (χ3n) is 6.11. The Kier molecular flexibility index (Phi) is 6.92. The largest absolute Gasteiger partial charge is 0.494 e. The molecular weight excluding hydrogens is 392 g/mol. The molecule has 0 bridgehead atoms. The molecule has 0 unspecified atom stereocenters. The van der Waals surface area contributed by atoms with Gasteiger partial charge in [0, 0.05) is 24.8 Å². The summed E-state index contributed by atoms with van der Waals surface area (Å²) in [6, 6.07) is 11.9. The molecular formula is C24H32N4O3. The zero-order valence-corrected chi connectivity index (χ0v) is 18.5.